The Balaban J connectivity index is 2.06. The minimum atomic E-state index is -0.745. The molecule has 0 saturated carbocycles. The molecule has 198 valence electrons. The molecule has 12 heteroatoms. The standard InChI is InChI=1S/C26H26N4O8/c1-2-3-18(30-26(38)17(13-28)7-15-10-21(33)24(36)22(34)11-15)4-5-29-25(37)16(12-27)6-14-8-19(31)23(35)20(32)9-14/h6-11,18,31-36H,2-5H2,1H3,(H,29,37)(H,30,38)/b16-6+,17-7+. The molecule has 12 nitrogen and oxygen atoms in total. The minimum absolute atomic E-state index is 0.0557. The van der Waals surface area contributed by atoms with Crippen molar-refractivity contribution in [3.05, 3.63) is 46.5 Å². The van der Waals surface area contributed by atoms with Crippen molar-refractivity contribution in [2.24, 2.45) is 0 Å². The van der Waals surface area contributed by atoms with Crippen LogP contribution < -0.4 is 10.6 Å². The number of hydrogen-bond donors (Lipinski definition) is 8. The zero-order chi connectivity index (χ0) is 28.4. The lowest BCUT2D eigenvalue weighted by Gasteiger charge is -2.18. The minimum Gasteiger partial charge on any atom is -0.504 e. The number of carbonyl (C=O) groups is 2. The third kappa shape index (κ3) is 7.57. The maximum atomic E-state index is 12.7. The predicted molar refractivity (Wildman–Crippen MR) is 135 cm³/mol. The van der Waals surface area contributed by atoms with Gasteiger partial charge in [0.2, 0.25) is 0 Å². The number of phenols is 6. The van der Waals surface area contributed by atoms with Crippen molar-refractivity contribution in [1.82, 2.24) is 10.6 Å². The Morgan fingerprint density at radius 3 is 1.61 bits per heavy atom. The van der Waals surface area contributed by atoms with Gasteiger partial charge in [0.15, 0.2) is 34.5 Å². The van der Waals surface area contributed by atoms with Crippen LogP contribution in [-0.2, 0) is 9.59 Å². The fraction of sp³-hybridized carbons (Fsp3) is 0.231. The first-order valence-electron chi connectivity index (χ1n) is 11.3. The van der Waals surface area contributed by atoms with Crippen LogP contribution >= 0.6 is 0 Å². The highest BCUT2D eigenvalue weighted by Gasteiger charge is 2.18. The molecule has 0 heterocycles. The summed E-state index contributed by atoms with van der Waals surface area (Å²) in [7, 11) is 0. The normalized spacial score (nSPS) is 12.2. The summed E-state index contributed by atoms with van der Waals surface area (Å²) in [6.07, 6.45) is 3.67. The molecule has 0 bridgehead atoms. The zero-order valence-corrected chi connectivity index (χ0v) is 20.3. The Bertz CT molecular complexity index is 1320. The number of hydrogen-bond acceptors (Lipinski definition) is 10. The second-order valence-electron chi connectivity index (χ2n) is 8.16. The average Bonchev–Trinajstić information content (AvgIpc) is 2.87. The summed E-state index contributed by atoms with van der Waals surface area (Å²) in [5.74, 6) is -5.45. The van der Waals surface area contributed by atoms with E-state index in [4.69, 9.17) is 0 Å². The van der Waals surface area contributed by atoms with Gasteiger partial charge in [-0.15, -0.1) is 0 Å². The number of aromatic hydroxyl groups is 6. The molecule has 0 aliphatic heterocycles. The fourth-order valence-corrected chi connectivity index (χ4v) is 3.40. The number of nitriles is 2. The van der Waals surface area contributed by atoms with Crippen LogP contribution in [0.4, 0.5) is 0 Å². The molecule has 0 spiro atoms. The second-order valence-corrected chi connectivity index (χ2v) is 8.16. The maximum Gasteiger partial charge on any atom is 0.262 e. The summed E-state index contributed by atoms with van der Waals surface area (Å²) in [6, 6.07) is 7.27. The Morgan fingerprint density at radius 2 is 1.21 bits per heavy atom. The van der Waals surface area contributed by atoms with Crippen LogP contribution in [0.15, 0.2) is 35.4 Å². The highest BCUT2D eigenvalue weighted by molar-refractivity contribution is 6.02. The van der Waals surface area contributed by atoms with Crippen molar-refractivity contribution < 1.29 is 40.2 Å². The van der Waals surface area contributed by atoms with E-state index in [0.29, 0.717) is 12.8 Å². The molecule has 38 heavy (non-hydrogen) atoms. The Labute approximate surface area is 217 Å². The highest BCUT2D eigenvalue weighted by Crippen LogP contribution is 2.36. The molecule has 0 fully saturated rings. The molecule has 0 saturated heterocycles. The lowest BCUT2D eigenvalue weighted by molar-refractivity contribution is -0.117. The van der Waals surface area contributed by atoms with Crippen LogP contribution in [0.3, 0.4) is 0 Å². The largest absolute Gasteiger partial charge is 0.504 e. The second kappa shape index (κ2) is 13.1. The first-order valence-corrected chi connectivity index (χ1v) is 11.3. The molecule has 1 atom stereocenters. The third-order valence-corrected chi connectivity index (χ3v) is 5.29. The van der Waals surface area contributed by atoms with Crippen LogP contribution in [0.25, 0.3) is 12.2 Å². The van der Waals surface area contributed by atoms with Crippen LogP contribution in [0, 0.1) is 22.7 Å². The van der Waals surface area contributed by atoms with E-state index in [9.17, 15) is 50.8 Å². The molecule has 0 aliphatic carbocycles. The van der Waals surface area contributed by atoms with Crippen molar-refractivity contribution in [2.45, 2.75) is 32.2 Å². The average molecular weight is 523 g/mol. The fourth-order valence-electron chi connectivity index (χ4n) is 3.40. The molecule has 0 aliphatic rings. The van der Waals surface area contributed by atoms with E-state index in [1.165, 1.54) is 0 Å². The van der Waals surface area contributed by atoms with Crippen molar-refractivity contribution in [3.63, 3.8) is 0 Å². The summed E-state index contributed by atoms with van der Waals surface area (Å²) in [5.41, 5.74) is -0.447. The van der Waals surface area contributed by atoms with Gasteiger partial charge in [-0.1, -0.05) is 13.3 Å². The SMILES string of the molecule is CCCC(CCNC(=O)/C(C#N)=C/c1cc(O)c(O)c(O)c1)NC(=O)/C(C#N)=C/c1cc(O)c(O)c(O)c1. The summed E-state index contributed by atoms with van der Waals surface area (Å²) in [4.78, 5) is 25.1. The molecule has 2 amide bonds. The van der Waals surface area contributed by atoms with Crippen LogP contribution in [0.2, 0.25) is 0 Å². The molecule has 0 radical (unpaired) electrons. The number of nitrogens with one attached hydrogen (secondary N) is 2. The van der Waals surface area contributed by atoms with Crippen LogP contribution in [-0.4, -0.2) is 55.0 Å². The number of rotatable bonds is 10. The number of nitrogens with zero attached hydrogens (tertiary/aromatic N) is 2. The van der Waals surface area contributed by atoms with Gasteiger partial charge in [-0.25, -0.2) is 0 Å². The van der Waals surface area contributed by atoms with Crippen LogP contribution in [0.5, 0.6) is 34.5 Å². The molecular weight excluding hydrogens is 496 g/mol. The summed E-state index contributed by atoms with van der Waals surface area (Å²) >= 11 is 0. The summed E-state index contributed by atoms with van der Waals surface area (Å²) < 4.78 is 0. The van der Waals surface area contributed by atoms with Gasteiger partial charge in [0, 0.05) is 12.6 Å². The molecule has 2 aromatic rings. The number of amides is 2. The zero-order valence-electron chi connectivity index (χ0n) is 20.3. The Morgan fingerprint density at radius 1 is 0.789 bits per heavy atom. The van der Waals surface area contributed by atoms with E-state index in [1.54, 1.807) is 12.1 Å². The van der Waals surface area contributed by atoms with E-state index in [1.807, 2.05) is 6.92 Å². The first kappa shape index (κ1) is 28.9. The molecule has 8 N–H and O–H groups in total. The van der Waals surface area contributed by atoms with Gasteiger partial charge < -0.3 is 41.3 Å². The molecule has 2 aromatic carbocycles. The van der Waals surface area contributed by atoms with Gasteiger partial charge in [-0.3, -0.25) is 9.59 Å². The molecule has 1 unspecified atom stereocenters. The monoisotopic (exact) mass is 522 g/mol. The van der Waals surface area contributed by atoms with Gasteiger partial charge in [0.25, 0.3) is 11.8 Å². The predicted octanol–water partition coefficient (Wildman–Crippen LogP) is 2.23. The quantitative estimate of drug-likeness (QED) is 0.129. The van der Waals surface area contributed by atoms with Gasteiger partial charge in [0.1, 0.15) is 23.3 Å². The van der Waals surface area contributed by atoms with Crippen molar-refractivity contribution in [2.75, 3.05) is 6.54 Å². The topological polar surface area (TPSA) is 227 Å². The number of phenolic OH excluding ortho intramolecular Hbond substituents is 6. The Kier molecular flexibility index (Phi) is 9.94. The number of benzene rings is 2. The van der Waals surface area contributed by atoms with Gasteiger partial charge in [-0.2, -0.15) is 10.5 Å². The van der Waals surface area contributed by atoms with E-state index in [2.05, 4.69) is 10.6 Å². The third-order valence-electron chi connectivity index (χ3n) is 5.29. The van der Waals surface area contributed by atoms with E-state index >= 15 is 0 Å². The lowest BCUT2D eigenvalue weighted by atomic mass is 10.1. The highest BCUT2D eigenvalue weighted by atomic mass is 16.3. The summed E-state index contributed by atoms with van der Waals surface area (Å²) in [6.45, 7) is 1.93. The first-order chi connectivity index (χ1) is 18.0. The van der Waals surface area contributed by atoms with E-state index in [0.717, 1.165) is 36.4 Å². The maximum absolute atomic E-state index is 12.7. The van der Waals surface area contributed by atoms with Gasteiger partial charge in [0.05, 0.1) is 0 Å². The van der Waals surface area contributed by atoms with Crippen molar-refractivity contribution in [1.29, 1.82) is 10.5 Å². The smallest absolute Gasteiger partial charge is 0.262 e. The van der Waals surface area contributed by atoms with E-state index < -0.39 is 52.4 Å². The van der Waals surface area contributed by atoms with Crippen LogP contribution in [0.1, 0.15) is 37.3 Å². The molecule has 2 rings (SSSR count). The molecule has 0 aromatic heterocycles. The van der Waals surface area contributed by atoms with E-state index in [-0.39, 0.29) is 35.2 Å². The van der Waals surface area contributed by atoms with Gasteiger partial charge in [-0.05, 0) is 60.4 Å². The van der Waals surface area contributed by atoms with Crippen molar-refractivity contribution >= 4 is 24.0 Å². The Hall–Kier alpha value is -5.36. The van der Waals surface area contributed by atoms with Crippen molar-refractivity contribution in [3.8, 4) is 46.6 Å². The van der Waals surface area contributed by atoms with Gasteiger partial charge >= 0.3 is 0 Å². The lowest BCUT2D eigenvalue weighted by Crippen LogP contribution is -2.38. The molecular formula is C26H26N4O8. The number of carbonyl (C=O) groups excluding carboxylic acids is 2. The summed E-state index contributed by atoms with van der Waals surface area (Å²) in [5, 5.41) is 81.3.